The molecule has 2 rings (SSSR count). The molecule has 0 aromatic rings. The molecule has 15 heavy (non-hydrogen) atoms. The van der Waals surface area contributed by atoms with Crippen molar-refractivity contribution in [2.75, 3.05) is 12.8 Å². The molecule has 5 heteroatoms. The van der Waals surface area contributed by atoms with Crippen LogP contribution in [0.1, 0.15) is 26.2 Å². The molecular formula is C10H17NO3S. The third kappa shape index (κ3) is 1.83. The SMILES string of the molecule is C[C@@H]1CN(S(C)(=O)=O)[C@@H]2C(=O)CCC[C@H]12. The van der Waals surface area contributed by atoms with Gasteiger partial charge in [-0.2, -0.15) is 4.31 Å². The highest BCUT2D eigenvalue weighted by Gasteiger charge is 2.48. The van der Waals surface area contributed by atoms with E-state index in [0.717, 1.165) is 12.8 Å². The summed E-state index contributed by atoms with van der Waals surface area (Å²) in [6.07, 6.45) is 3.65. The van der Waals surface area contributed by atoms with Crippen molar-refractivity contribution in [2.24, 2.45) is 11.8 Å². The minimum Gasteiger partial charge on any atom is -0.298 e. The molecule has 0 spiro atoms. The molecule has 4 nitrogen and oxygen atoms in total. The molecular weight excluding hydrogens is 214 g/mol. The maximum Gasteiger partial charge on any atom is 0.211 e. The number of Topliss-reactive ketones (excluding diaryl/α,β-unsaturated/α-hetero) is 1. The zero-order valence-corrected chi connectivity index (χ0v) is 9.96. The standard InChI is InChI=1S/C10H17NO3S/c1-7-6-11(15(2,13)14)10-8(7)4-3-5-9(10)12/h7-8,10H,3-6H2,1-2H3/t7-,8-,10+/m1/s1. The van der Waals surface area contributed by atoms with Crippen LogP contribution < -0.4 is 0 Å². The number of carbonyl (C=O) groups excluding carboxylic acids is 1. The smallest absolute Gasteiger partial charge is 0.211 e. The molecule has 0 bridgehead atoms. The summed E-state index contributed by atoms with van der Waals surface area (Å²) in [5.74, 6) is 0.677. The second-order valence-corrected chi connectivity index (χ2v) is 6.71. The normalized spacial score (nSPS) is 38.0. The summed E-state index contributed by atoms with van der Waals surface area (Å²) in [6.45, 7) is 2.56. The van der Waals surface area contributed by atoms with Gasteiger partial charge in [0.15, 0.2) is 5.78 Å². The molecule has 3 atom stereocenters. The van der Waals surface area contributed by atoms with Crippen LogP contribution in [0.2, 0.25) is 0 Å². The van der Waals surface area contributed by atoms with Crippen molar-refractivity contribution in [3.63, 3.8) is 0 Å². The van der Waals surface area contributed by atoms with Gasteiger partial charge in [0, 0.05) is 13.0 Å². The summed E-state index contributed by atoms with van der Waals surface area (Å²) in [4.78, 5) is 11.8. The molecule has 1 heterocycles. The fraction of sp³-hybridized carbons (Fsp3) is 0.900. The topological polar surface area (TPSA) is 54.5 Å². The Morgan fingerprint density at radius 3 is 2.67 bits per heavy atom. The van der Waals surface area contributed by atoms with Gasteiger partial charge in [0.05, 0.1) is 12.3 Å². The average Bonchev–Trinajstić information content (AvgIpc) is 2.45. The van der Waals surface area contributed by atoms with E-state index in [2.05, 4.69) is 0 Å². The molecule has 1 saturated carbocycles. The number of ketones is 1. The van der Waals surface area contributed by atoms with Gasteiger partial charge in [-0.25, -0.2) is 8.42 Å². The van der Waals surface area contributed by atoms with E-state index in [1.54, 1.807) is 0 Å². The van der Waals surface area contributed by atoms with Crippen molar-refractivity contribution < 1.29 is 13.2 Å². The lowest BCUT2D eigenvalue weighted by Gasteiger charge is -2.29. The molecule has 1 aliphatic carbocycles. The molecule has 0 radical (unpaired) electrons. The minimum absolute atomic E-state index is 0.112. The number of hydrogen-bond donors (Lipinski definition) is 0. The second-order valence-electron chi connectivity index (χ2n) is 4.78. The summed E-state index contributed by atoms with van der Waals surface area (Å²) >= 11 is 0. The van der Waals surface area contributed by atoms with Gasteiger partial charge in [-0.3, -0.25) is 4.79 Å². The highest BCUT2D eigenvalue weighted by Crippen LogP contribution is 2.39. The number of nitrogens with zero attached hydrogens (tertiary/aromatic N) is 1. The van der Waals surface area contributed by atoms with E-state index in [9.17, 15) is 13.2 Å². The van der Waals surface area contributed by atoms with E-state index in [1.165, 1.54) is 10.6 Å². The summed E-state index contributed by atoms with van der Waals surface area (Å²) in [5.41, 5.74) is 0. The Morgan fingerprint density at radius 2 is 2.07 bits per heavy atom. The zero-order valence-electron chi connectivity index (χ0n) is 9.14. The highest BCUT2D eigenvalue weighted by molar-refractivity contribution is 7.88. The van der Waals surface area contributed by atoms with Gasteiger partial charge >= 0.3 is 0 Å². The van der Waals surface area contributed by atoms with Crippen LogP contribution in [0.15, 0.2) is 0 Å². The van der Waals surface area contributed by atoms with Crippen molar-refractivity contribution in [2.45, 2.75) is 32.2 Å². The van der Waals surface area contributed by atoms with Crippen molar-refractivity contribution in [3.8, 4) is 0 Å². The first kappa shape index (κ1) is 11.1. The van der Waals surface area contributed by atoms with E-state index in [1.807, 2.05) is 6.92 Å². The Balaban J connectivity index is 2.33. The Labute approximate surface area is 90.7 Å². The van der Waals surface area contributed by atoms with Crippen LogP contribution in [0, 0.1) is 11.8 Å². The van der Waals surface area contributed by atoms with Gasteiger partial charge in [0.25, 0.3) is 0 Å². The van der Waals surface area contributed by atoms with Crippen LogP contribution in [0.5, 0.6) is 0 Å². The third-order valence-corrected chi connectivity index (χ3v) is 4.86. The first-order valence-electron chi connectivity index (χ1n) is 5.41. The fourth-order valence-corrected chi connectivity index (χ4v) is 4.09. The predicted molar refractivity (Wildman–Crippen MR) is 56.8 cm³/mol. The first-order chi connectivity index (χ1) is 6.91. The first-order valence-corrected chi connectivity index (χ1v) is 7.25. The quantitative estimate of drug-likeness (QED) is 0.665. The van der Waals surface area contributed by atoms with Crippen molar-refractivity contribution in [3.05, 3.63) is 0 Å². The monoisotopic (exact) mass is 231 g/mol. The Bertz CT molecular complexity index is 376. The van der Waals surface area contributed by atoms with Crippen LogP contribution in [-0.4, -0.2) is 37.3 Å². The number of fused-ring (bicyclic) bond motifs is 1. The van der Waals surface area contributed by atoms with Crippen LogP contribution in [0.4, 0.5) is 0 Å². The number of carbonyl (C=O) groups is 1. The van der Waals surface area contributed by atoms with Gasteiger partial charge in [-0.05, 0) is 24.7 Å². The number of hydrogen-bond acceptors (Lipinski definition) is 3. The van der Waals surface area contributed by atoms with Crippen molar-refractivity contribution >= 4 is 15.8 Å². The molecule has 0 unspecified atom stereocenters. The molecule has 0 aromatic heterocycles. The second kappa shape index (κ2) is 3.56. The van der Waals surface area contributed by atoms with Crippen molar-refractivity contribution in [1.82, 2.24) is 4.31 Å². The molecule has 2 fully saturated rings. The largest absolute Gasteiger partial charge is 0.298 e. The lowest BCUT2D eigenvalue weighted by atomic mass is 9.80. The Hall–Kier alpha value is -0.420. The van der Waals surface area contributed by atoms with E-state index < -0.39 is 10.0 Å². The highest BCUT2D eigenvalue weighted by atomic mass is 32.2. The summed E-state index contributed by atoms with van der Waals surface area (Å²) in [5, 5.41) is 0. The Morgan fingerprint density at radius 1 is 1.40 bits per heavy atom. The lowest BCUT2D eigenvalue weighted by Crippen LogP contribution is -2.44. The van der Waals surface area contributed by atoms with E-state index in [4.69, 9.17) is 0 Å². The number of rotatable bonds is 1. The van der Waals surface area contributed by atoms with Crippen LogP contribution in [0.3, 0.4) is 0 Å². The Kier molecular flexibility index (Phi) is 2.63. The minimum atomic E-state index is -3.23. The number of sulfonamides is 1. The summed E-state index contributed by atoms with van der Waals surface area (Å²) in [6, 6.07) is -0.358. The van der Waals surface area contributed by atoms with E-state index in [0.29, 0.717) is 18.9 Å². The van der Waals surface area contributed by atoms with Gasteiger partial charge in [0.2, 0.25) is 10.0 Å². The zero-order chi connectivity index (χ0) is 11.2. The van der Waals surface area contributed by atoms with Crippen molar-refractivity contribution in [1.29, 1.82) is 0 Å². The van der Waals surface area contributed by atoms with Gasteiger partial charge in [-0.1, -0.05) is 6.92 Å². The average molecular weight is 231 g/mol. The third-order valence-electron chi connectivity index (χ3n) is 3.63. The van der Waals surface area contributed by atoms with E-state index >= 15 is 0 Å². The molecule has 1 aliphatic heterocycles. The summed E-state index contributed by atoms with van der Waals surface area (Å²) < 4.78 is 24.5. The van der Waals surface area contributed by atoms with Gasteiger partial charge in [-0.15, -0.1) is 0 Å². The fourth-order valence-electron chi connectivity index (χ4n) is 2.90. The van der Waals surface area contributed by atoms with Crippen LogP contribution in [-0.2, 0) is 14.8 Å². The molecule has 86 valence electrons. The molecule has 2 aliphatic rings. The molecule has 0 N–H and O–H groups in total. The maximum absolute atomic E-state index is 11.8. The van der Waals surface area contributed by atoms with Gasteiger partial charge in [0.1, 0.15) is 0 Å². The van der Waals surface area contributed by atoms with Gasteiger partial charge < -0.3 is 0 Å². The predicted octanol–water partition coefficient (Wildman–Crippen LogP) is 0.635. The molecule has 1 saturated heterocycles. The maximum atomic E-state index is 11.8. The van der Waals surface area contributed by atoms with Crippen LogP contribution in [0.25, 0.3) is 0 Å². The lowest BCUT2D eigenvalue weighted by molar-refractivity contribution is -0.125. The van der Waals surface area contributed by atoms with Crippen LogP contribution >= 0.6 is 0 Å². The molecule has 0 aromatic carbocycles. The molecule has 0 amide bonds. The van der Waals surface area contributed by atoms with E-state index in [-0.39, 0.29) is 17.7 Å². The summed E-state index contributed by atoms with van der Waals surface area (Å²) in [7, 11) is -3.23.